The van der Waals surface area contributed by atoms with Crippen LogP contribution in [0.4, 0.5) is 0 Å². The van der Waals surface area contributed by atoms with Crippen molar-refractivity contribution in [2.45, 2.75) is 33.1 Å². The van der Waals surface area contributed by atoms with Gasteiger partial charge in [-0.3, -0.25) is 5.10 Å². The lowest BCUT2D eigenvalue weighted by molar-refractivity contribution is 0.315. The van der Waals surface area contributed by atoms with Gasteiger partial charge in [-0.05, 0) is 43.5 Å². The third-order valence-electron chi connectivity index (χ3n) is 3.38. The predicted molar refractivity (Wildman–Crippen MR) is 81.2 cm³/mol. The zero-order valence-electron chi connectivity index (χ0n) is 12.4. The van der Waals surface area contributed by atoms with Crippen molar-refractivity contribution in [1.29, 1.82) is 0 Å². The number of H-pyrrole nitrogens is 1. The van der Waals surface area contributed by atoms with E-state index in [-0.39, 0.29) is 5.92 Å². The smallest absolute Gasteiger partial charge is 0.122 e. The second-order valence-electron chi connectivity index (χ2n) is 5.14. The Labute approximate surface area is 120 Å². The van der Waals surface area contributed by atoms with Crippen LogP contribution in [-0.2, 0) is 0 Å². The molecule has 0 saturated heterocycles. The standard InChI is InChI=1S/C16H23N3O/c1-4-7-20-16-6-5-13(8-11(16)2)14(10-17)15-9-12(3)18-19-15/h5-6,8-9,14H,4,7,10,17H2,1-3H3,(H,18,19). The van der Waals surface area contributed by atoms with E-state index in [9.17, 15) is 0 Å². The van der Waals surface area contributed by atoms with Gasteiger partial charge in [0.25, 0.3) is 0 Å². The van der Waals surface area contributed by atoms with E-state index >= 15 is 0 Å². The first-order valence-corrected chi connectivity index (χ1v) is 7.11. The van der Waals surface area contributed by atoms with Crippen molar-refractivity contribution in [3.63, 3.8) is 0 Å². The number of nitrogens with one attached hydrogen (secondary N) is 1. The maximum atomic E-state index is 5.93. The summed E-state index contributed by atoms with van der Waals surface area (Å²) in [6.45, 7) is 7.46. The number of aryl methyl sites for hydroxylation is 2. The fourth-order valence-electron chi connectivity index (χ4n) is 2.31. The summed E-state index contributed by atoms with van der Waals surface area (Å²) in [5.41, 5.74) is 10.3. The van der Waals surface area contributed by atoms with Crippen LogP contribution in [0.15, 0.2) is 24.3 Å². The van der Waals surface area contributed by atoms with Gasteiger partial charge in [0.05, 0.1) is 12.3 Å². The molecule has 1 heterocycles. The third kappa shape index (κ3) is 3.20. The van der Waals surface area contributed by atoms with Crippen molar-refractivity contribution in [1.82, 2.24) is 10.2 Å². The molecule has 2 aromatic rings. The van der Waals surface area contributed by atoms with Crippen LogP contribution in [0.1, 0.15) is 41.8 Å². The molecule has 0 bridgehead atoms. The molecule has 4 nitrogen and oxygen atoms in total. The minimum Gasteiger partial charge on any atom is -0.493 e. The average Bonchev–Trinajstić information content (AvgIpc) is 2.85. The molecule has 1 aromatic heterocycles. The summed E-state index contributed by atoms with van der Waals surface area (Å²) in [4.78, 5) is 0. The Balaban J connectivity index is 2.24. The van der Waals surface area contributed by atoms with Crippen LogP contribution < -0.4 is 10.5 Å². The van der Waals surface area contributed by atoms with E-state index in [2.05, 4.69) is 36.2 Å². The number of rotatable bonds is 6. The predicted octanol–water partition coefficient (Wildman–Crippen LogP) is 2.91. The van der Waals surface area contributed by atoms with Crippen molar-refractivity contribution in [3.05, 3.63) is 46.8 Å². The summed E-state index contributed by atoms with van der Waals surface area (Å²) in [6, 6.07) is 8.31. The largest absolute Gasteiger partial charge is 0.493 e. The van der Waals surface area contributed by atoms with Crippen molar-refractivity contribution in [2.24, 2.45) is 5.73 Å². The molecule has 0 aliphatic carbocycles. The summed E-state index contributed by atoms with van der Waals surface area (Å²) < 4.78 is 5.71. The molecule has 0 amide bonds. The summed E-state index contributed by atoms with van der Waals surface area (Å²) in [5, 5.41) is 7.31. The Kier molecular flexibility index (Phi) is 4.79. The van der Waals surface area contributed by atoms with Crippen LogP contribution in [0.3, 0.4) is 0 Å². The fourth-order valence-corrected chi connectivity index (χ4v) is 2.31. The molecule has 20 heavy (non-hydrogen) atoms. The minimum absolute atomic E-state index is 0.124. The second kappa shape index (κ2) is 6.57. The van der Waals surface area contributed by atoms with E-state index in [1.165, 1.54) is 5.56 Å². The van der Waals surface area contributed by atoms with Gasteiger partial charge in [-0.25, -0.2) is 0 Å². The molecule has 1 aromatic carbocycles. The van der Waals surface area contributed by atoms with Gasteiger partial charge in [0.2, 0.25) is 0 Å². The van der Waals surface area contributed by atoms with Crippen LogP contribution in [0.5, 0.6) is 5.75 Å². The highest BCUT2D eigenvalue weighted by atomic mass is 16.5. The monoisotopic (exact) mass is 273 g/mol. The Morgan fingerprint density at radius 3 is 2.65 bits per heavy atom. The molecular formula is C16H23N3O. The lowest BCUT2D eigenvalue weighted by Crippen LogP contribution is -2.14. The Morgan fingerprint density at radius 1 is 1.30 bits per heavy atom. The third-order valence-corrected chi connectivity index (χ3v) is 3.38. The molecule has 3 N–H and O–H groups in total. The first-order valence-electron chi connectivity index (χ1n) is 7.11. The number of aromatic amines is 1. The molecule has 2 rings (SSSR count). The quantitative estimate of drug-likeness (QED) is 0.850. The highest BCUT2D eigenvalue weighted by Crippen LogP contribution is 2.27. The van der Waals surface area contributed by atoms with Gasteiger partial charge in [-0.1, -0.05) is 19.1 Å². The summed E-state index contributed by atoms with van der Waals surface area (Å²) >= 11 is 0. The van der Waals surface area contributed by atoms with Crippen molar-refractivity contribution >= 4 is 0 Å². The van der Waals surface area contributed by atoms with E-state index in [1.807, 2.05) is 19.1 Å². The zero-order valence-corrected chi connectivity index (χ0v) is 12.4. The zero-order chi connectivity index (χ0) is 14.5. The first-order chi connectivity index (χ1) is 9.65. The molecule has 0 saturated carbocycles. The summed E-state index contributed by atoms with van der Waals surface area (Å²) in [6.07, 6.45) is 1.01. The van der Waals surface area contributed by atoms with Gasteiger partial charge in [0, 0.05) is 18.2 Å². The number of ether oxygens (including phenoxy) is 1. The molecule has 0 spiro atoms. The number of benzene rings is 1. The first kappa shape index (κ1) is 14.6. The Hall–Kier alpha value is -1.81. The number of nitrogens with two attached hydrogens (primary N) is 1. The lowest BCUT2D eigenvalue weighted by atomic mass is 9.94. The Bertz CT molecular complexity index is 563. The van der Waals surface area contributed by atoms with Gasteiger partial charge in [0.15, 0.2) is 0 Å². The molecule has 1 atom stereocenters. The molecule has 0 aliphatic rings. The van der Waals surface area contributed by atoms with E-state index < -0.39 is 0 Å². The van der Waals surface area contributed by atoms with Gasteiger partial charge < -0.3 is 10.5 Å². The minimum atomic E-state index is 0.124. The van der Waals surface area contributed by atoms with Gasteiger partial charge in [-0.2, -0.15) is 5.10 Å². The van der Waals surface area contributed by atoms with Crippen molar-refractivity contribution in [3.8, 4) is 5.75 Å². The van der Waals surface area contributed by atoms with E-state index in [1.54, 1.807) is 0 Å². The summed E-state index contributed by atoms with van der Waals surface area (Å²) in [5.74, 6) is 1.07. The van der Waals surface area contributed by atoms with Crippen LogP contribution >= 0.6 is 0 Å². The van der Waals surface area contributed by atoms with Gasteiger partial charge in [-0.15, -0.1) is 0 Å². The number of hydrogen-bond donors (Lipinski definition) is 2. The molecule has 0 fully saturated rings. The van der Waals surface area contributed by atoms with Crippen LogP contribution in [0.2, 0.25) is 0 Å². The maximum Gasteiger partial charge on any atom is 0.122 e. The molecule has 108 valence electrons. The van der Waals surface area contributed by atoms with Crippen molar-refractivity contribution < 1.29 is 4.74 Å². The van der Waals surface area contributed by atoms with Crippen LogP contribution in [-0.4, -0.2) is 23.3 Å². The van der Waals surface area contributed by atoms with E-state index in [4.69, 9.17) is 10.5 Å². The molecule has 1 unspecified atom stereocenters. The van der Waals surface area contributed by atoms with Crippen molar-refractivity contribution in [2.75, 3.05) is 13.2 Å². The highest BCUT2D eigenvalue weighted by Gasteiger charge is 2.16. The molecule has 0 radical (unpaired) electrons. The van der Waals surface area contributed by atoms with Gasteiger partial charge >= 0.3 is 0 Å². The number of hydrogen-bond acceptors (Lipinski definition) is 3. The normalized spacial score (nSPS) is 12.4. The fraction of sp³-hybridized carbons (Fsp3) is 0.438. The Morgan fingerprint density at radius 2 is 2.10 bits per heavy atom. The second-order valence-corrected chi connectivity index (χ2v) is 5.14. The topological polar surface area (TPSA) is 63.9 Å². The number of aromatic nitrogens is 2. The number of nitrogens with zero attached hydrogens (tertiary/aromatic N) is 1. The summed E-state index contributed by atoms with van der Waals surface area (Å²) in [7, 11) is 0. The van der Waals surface area contributed by atoms with Gasteiger partial charge in [0.1, 0.15) is 5.75 Å². The SMILES string of the molecule is CCCOc1ccc(C(CN)c2cc(C)[nH]n2)cc1C. The highest BCUT2D eigenvalue weighted by molar-refractivity contribution is 5.40. The van der Waals surface area contributed by atoms with E-state index in [0.29, 0.717) is 6.54 Å². The molecular weight excluding hydrogens is 250 g/mol. The average molecular weight is 273 g/mol. The molecule has 0 aliphatic heterocycles. The lowest BCUT2D eigenvalue weighted by Gasteiger charge is -2.15. The van der Waals surface area contributed by atoms with Crippen LogP contribution in [0.25, 0.3) is 0 Å². The maximum absolute atomic E-state index is 5.93. The molecule has 4 heteroatoms. The van der Waals surface area contributed by atoms with E-state index in [0.717, 1.165) is 35.7 Å². The van der Waals surface area contributed by atoms with Crippen LogP contribution in [0, 0.1) is 13.8 Å².